The maximum atomic E-state index is 4.30. The molecule has 2 aromatic rings. The summed E-state index contributed by atoms with van der Waals surface area (Å²) in [5.74, 6) is 0. The maximum Gasteiger partial charge on any atom is 0.0465 e. The minimum absolute atomic E-state index is 1.03. The van der Waals surface area contributed by atoms with Gasteiger partial charge in [-0.1, -0.05) is 6.07 Å². The molecular formula is C8H7NS. The lowest BCUT2D eigenvalue weighted by atomic mass is 10.2. The lowest BCUT2D eigenvalue weighted by molar-refractivity contribution is 1.47. The average Bonchev–Trinajstić information content (AvgIpc) is 2.36. The van der Waals surface area contributed by atoms with Gasteiger partial charge in [-0.05, 0) is 18.2 Å². The molecule has 0 atom stereocenters. The normalized spacial score (nSPS) is 10.5. The molecule has 0 unspecified atom stereocenters. The molecule has 0 saturated heterocycles. The first-order chi connectivity index (χ1) is 4.88. The monoisotopic (exact) mass is 149 g/mol. The number of aromatic amines is 1. The number of hydrogen-bond donors (Lipinski definition) is 2. The Morgan fingerprint density at radius 3 is 2.90 bits per heavy atom. The Labute approximate surface area is 64.5 Å². The quantitative estimate of drug-likeness (QED) is 0.535. The SMILES string of the molecule is Sc1cccc2[nH]ccc12. The van der Waals surface area contributed by atoms with Crippen LogP contribution in [0.3, 0.4) is 0 Å². The molecule has 0 bridgehead atoms. The summed E-state index contributed by atoms with van der Waals surface area (Å²) >= 11 is 4.30. The van der Waals surface area contributed by atoms with E-state index in [1.165, 1.54) is 5.39 Å². The highest BCUT2D eigenvalue weighted by atomic mass is 32.1. The Kier molecular flexibility index (Phi) is 1.21. The average molecular weight is 149 g/mol. The number of thiol groups is 1. The van der Waals surface area contributed by atoms with Crippen LogP contribution in [0.5, 0.6) is 0 Å². The predicted octanol–water partition coefficient (Wildman–Crippen LogP) is 2.46. The molecule has 2 rings (SSSR count). The van der Waals surface area contributed by atoms with Gasteiger partial charge in [0.25, 0.3) is 0 Å². The standard InChI is InChI=1S/C8H7NS/c10-8-3-1-2-7-6(8)4-5-9-7/h1-5,9-10H. The molecule has 1 aromatic heterocycles. The van der Waals surface area contributed by atoms with Gasteiger partial charge in [0.05, 0.1) is 0 Å². The number of nitrogens with one attached hydrogen (secondary N) is 1. The minimum Gasteiger partial charge on any atom is -0.361 e. The fraction of sp³-hybridized carbons (Fsp3) is 0. The van der Waals surface area contributed by atoms with Crippen molar-refractivity contribution < 1.29 is 0 Å². The topological polar surface area (TPSA) is 15.8 Å². The summed E-state index contributed by atoms with van der Waals surface area (Å²) in [6.07, 6.45) is 1.92. The summed E-state index contributed by atoms with van der Waals surface area (Å²) in [5.41, 5.74) is 1.15. The van der Waals surface area contributed by atoms with Gasteiger partial charge in [-0.25, -0.2) is 0 Å². The van der Waals surface area contributed by atoms with E-state index in [4.69, 9.17) is 0 Å². The summed E-state index contributed by atoms with van der Waals surface area (Å²) < 4.78 is 0. The summed E-state index contributed by atoms with van der Waals surface area (Å²) in [7, 11) is 0. The molecule has 0 aliphatic heterocycles. The van der Waals surface area contributed by atoms with Crippen LogP contribution in [0.25, 0.3) is 10.9 Å². The third-order valence-electron chi connectivity index (χ3n) is 1.57. The highest BCUT2D eigenvalue weighted by Gasteiger charge is 1.94. The Morgan fingerprint density at radius 2 is 2.10 bits per heavy atom. The van der Waals surface area contributed by atoms with Crippen LogP contribution in [0, 0.1) is 0 Å². The molecule has 0 aliphatic carbocycles. The molecule has 10 heavy (non-hydrogen) atoms. The number of aromatic nitrogens is 1. The summed E-state index contributed by atoms with van der Waals surface area (Å²) in [6, 6.07) is 8.03. The van der Waals surface area contributed by atoms with Crippen LogP contribution < -0.4 is 0 Å². The van der Waals surface area contributed by atoms with Gasteiger partial charge in [-0.2, -0.15) is 0 Å². The molecule has 1 aromatic carbocycles. The smallest absolute Gasteiger partial charge is 0.0465 e. The highest BCUT2D eigenvalue weighted by molar-refractivity contribution is 7.80. The van der Waals surface area contributed by atoms with Gasteiger partial charge in [-0.15, -0.1) is 12.6 Å². The lowest BCUT2D eigenvalue weighted by Crippen LogP contribution is -1.67. The fourth-order valence-corrected chi connectivity index (χ4v) is 1.35. The van der Waals surface area contributed by atoms with Gasteiger partial charge in [0.15, 0.2) is 0 Å². The molecule has 0 saturated carbocycles. The van der Waals surface area contributed by atoms with E-state index in [0.717, 1.165) is 10.4 Å². The van der Waals surface area contributed by atoms with E-state index in [2.05, 4.69) is 17.6 Å². The largest absolute Gasteiger partial charge is 0.361 e. The van der Waals surface area contributed by atoms with Gasteiger partial charge in [0.1, 0.15) is 0 Å². The van der Waals surface area contributed by atoms with Crippen LogP contribution in [0.4, 0.5) is 0 Å². The predicted molar refractivity (Wildman–Crippen MR) is 45.6 cm³/mol. The molecule has 1 N–H and O–H groups in total. The number of hydrogen-bond acceptors (Lipinski definition) is 1. The second-order valence-corrected chi connectivity index (χ2v) is 2.70. The third kappa shape index (κ3) is 0.727. The lowest BCUT2D eigenvalue weighted by Gasteiger charge is -1.91. The molecule has 0 aliphatic rings. The first-order valence-corrected chi connectivity index (χ1v) is 3.58. The van der Waals surface area contributed by atoms with Gasteiger partial charge >= 0.3 is 0 Å². The first-order valence-electron chi connectivity index (χ1n) is 3.13. The minimum atomic E-state index is 1.03. The molecule has 0 amide bonds. The van der Waals surface area contributed by atoms with E-state index >= 15 is 0 Å². The van der Waals surface area contributed by atoms with Crippen LogP contribution in [0.2, 0.25) is 0 Å². The molecule has 2 heteroatoms. The van der Waals surface area contributed by atoms with Crippen molar-refractivity contribution in [3.8, 4) is 0 Å². The van der Waals surface area contributed by atoms with Crippen molar-refractivity contribution in [2.24, 2.45) is 0 Å². The summed E-state index contributed by atoms with van der Waals surface area (Å²) in [6.45, 7) is 0. The Bertz CT molecular complexity index is 351. The highest BCUT2D eigenvalue weighted by Crippen LogP contribution is 2.19. The molecule has 50 valence electrons. The number of rotatable bonds is 0. The number of fused-ring (bicyclic) bond motifs is 1. The zero-order valence-electron chi connectivity index (χ0n) is 5.33. The van der Waals surface area contributed by atoms with Crippen molar-refractivity contribution >= 4 is 23.5 Å². The number of H-pyrrole nitrogens is 1. The maximum absolute atomic E-state index is 4.30. The molecule has 0 radical (unpaired) electrons. The van der Waals surface area contributed by atoms with E-state index in [-0.39, 0.29) is 0 Å². The number of benzene rings is 1. The van der Waals surface area contributed by atoms with Crippen molar-refractivity contribution in [3.05, 3.63) is 30.5 Å². The van der Waals surface area contributed by atoms with E-state index in [1.807, 2.05) is 30.5 Å². The van der Waals surface area contributed by atoms with Crippen LogP contribution in [0.15, 0.2) is 35.4 Å². The molecular weight excluding hydrogens is 142 g/mol. The Balaban J connectivity index is 2.95. The van der Waals surface area contributed by atoms with Crippen LogP contribution in [-0.2, 0) is 0 Å². The Morgan fingerprint density at radius 1 is 1.20 bits per heavy atom. The van der Waals surface area contributed by atoms with Gasteiger partial charge < -0.3 is 4.98 Å². The van der Waals surface area contributed by atoms with E-state index < -0.39 is 0 Å². The zero-order chi connectivity index (χ0) is 6.97. The van der Waals surface area contributed by atoms with E-state index in [0.29, 0.717) is 0 Å². The van der Waals surface area contributed by atoms with Crippen molar-refractivity contribution in [1.29, 1.82) is 0 Å². The van der Waals surface area contributed by atoms with Crippen LogP contribution in [-0.4, -0.2) is 4.98 Å². The van der Waals surface area contributed by atoms with Gasteiger partial charge in [0.2, 0.25) is 0 Å². The molecule has 1 heterocycles. The molecule has 1 nitrogen and oxygen atoms in total. The van der Waals surface area contributed by atoms with E-state index in [1.54, 1.807) is 0 Å². The van der Waals surface area contributed by atoms with Crippen molar-refractivity contribution in [2.75, 3.05) is 0 Å². The van der Waals surface area contributed by atoms with Crippen molar-refractivity contribution in [2.45, 2.75) is 4.90 Å². The summed E-state index contributed by atoms with van der Waals surface area (Å²) in [5, 5.41) is 1.19. The van der Waals surface area contributed by atoms with Gasteiger partial charge in [0, 0.05) is 22.0 Å². The van der Waals surface area contributed by atoms with Gasteiger partial charge in [-0.3, -0.25) is 0 Å². The van der Waals surface area contributed by atoms with Crippen molar-refractivity contribution in [3.63, 3.8) is 0 Å². The summed E-state index contributed by atoms with van der Waals surface area (Å²) in [4.78, 5) is 4.14. The van der Waals surface area contributed by atoms with Crippen molar-refractivity contribution in [1.82, 2.24) is 4.98 Å². The zero-order valence-corrected chi connectivity index (χ0v) is 6.23. The molecule has 0 spiro atoms. The van der Waals surface area contributed by atoms with Crippen LogP contribution >= 0.6 is 12.6 Å². The molecule has 0 fully saturated rings. The Hall–Kier alpha value is -0.890. The fourth-order valence-electron chi connectivity index (χ4n) is 1.07. The van der Waals surface area contributed by atoms with E-state index in [9.17, 15) is 0 Å². The second kappa shape index (κ2) is 2.06. The second-order valence-electron chi connectivity index (χ2n) is 2.22. The van der Waals surface area contributed by atoms with Crippen LogP contribution in [0.1, 0.15) is 0 Å². The first kappa shape index (κ1) is 5.86. The third-order valence-corrected chi connectivity index (χ3v) is 1.96.